The Morgan fingerprint density at radius 2 is 2.00 bits per heavy atom. The topological polar surface area (TPSA) is 66.9 Å². The zero-order chi connectivity index (χ0) is 19.6. The SMILES string of the molecule is CC(C)OC(=O)CN1C(=O)S/C(=C/c2ccc(N3CCCC3)c(F)c2)C1=O. The molecule has 8 heteroatoms. The normalized spacial score (nSPS) is 18.9. The molecule has 27 heavy (non-hydrogen) atoms. The minimum Gasteiger partial charge on any atom is -0.462 e. The molecule has 1 aromatic rings. The summed E-state index contributed by atoms with van der Waals surface area (Å²) in [5, 5.41) is -0.541. The van der Waals surface area contributed by atoms with Gasteiger partial charge in [0.15, 0.2) is 0 Å². The summed E-state index contributed by atoms with van der Waals surface area (Å²) in [6, 6.07) is 4.77. The largest absolute Gasteiger partial charge is 0.462 e. The van der Waals surface area contributed by atoms with Crippen LogP contribution in [0.3, 0.4) is 0 Å². The summed E-state index contributed by atoms with van der Waals surface area (Å²) in [4.78, 5) is 39.2. The van der Waals surface area contributed by atoms with Crippen molar-refractivity contribution in [1.82, 2.24) is 4.90 Å². The fraction of sp³-hybridized carbons (Fsp3) is 0.421. The van der Waals surface area contributed by atoms with Gasteiger partial charge < -0.3 is 9.64 Å². The molecule has 3 rings (SSSR count). The van der Waals surface area contributed by atoms with E-state index in [0.29, 0.717) is 11.3 Å². The molecule has 144 valence electrons. The van der Waals surface area contributed by atoms with Crippen molar-refractivity contribution in [2.75, 3.05) is 24.5 Å². The van der Waals surface area contributed by atoms with Gasteiger partial charge in [-0.05, 0) is 62.2 Å². The molecule has 0 saturated carbocycles. The molecule has 0 spiro atoms. The molecule has 2 heterocycles. The molecular formula is C19H21FN2O4S. The van der Waals surface area contributed by atoms with Gasteiger partial charge >= 0.3 is 5.97 Å². The molecule has 0 aromatic heterocycles. The smallest absolute Gasteiger partial charge is 0.326 e. The Balaban J connectivity index is 1.73. The highest BCUT2D eigenvalue weighted by molar-refractivity contribution is 8.18. The molecule has 0 bridgehead atoms. The van der Waals surface area contributed by atoms with Crippen LogP contribution in [0, 0.1) is 5.82 Å². The molecule has 2 saturated heterocycles. The van der Waals surface area contributed by atoms with Crippen LogP contribution in [0.2, 0.25) is 0 Å². The fourth-order valence-electron chi connectivity index (χ4n) is 3.04. The average Bonchev–Trinajstić information content (AvgIpc) is 3.19. The summed E-state index contributed by atoms with van der Waals surface area (Å²) < 4.78 is 19.4. The maximum Gasteiger partial charge on any atom is 0.326 e. The number of hydrogen-bond acceptors (Lipinski definition) is 6. The zero-order valence-corrected chi connectivity index (χ0v) is 16.1. The molecule has 2 aliphatic rings. The first kappa shape index (κ1) is 19.4. The number of carbonyl (C=O) groups excluding carboxylic acids is 3. The standard InChI is InChI=1S/C19H21FN2O4S/c1-12(2)26-17(23)11-22-18(24)16(27-19(22)25)10-13-5-6-15(14(20)9-13)21-7-3-4-8-21/h5-6,9-10,12H,3-4,7-8,11H2,1-2H3/b16-10+. The number of rotatable bonds is 5. The summed E-state index contributed by atoms with van der Waals surface area (Å²) in [5.74, 6) is -1.57. The van der Waals surface area contributed by atoms with E-state index in [2.05, 4.69) is 0 Å². The Labute approximate surface area is 161 Å². The maximum absolute atomic E-state index is 14.4. The lowest BCUT2D eigenvalue weighted by molar-refractivity contribution is -0.149. The van der Waals surface area contributed by atoms with Crippen molar-refractivity contribution >= 4 is 40.6 Å². The molecule has 0 atom stereocenters. The lowest BCUT2D eigenvalue weighted by Crippen LogP contribution is -2.35. The van der Waals surface area contributed by atoms with Crippen molar-refractivity contribution in [3.63, 3.8) is 0 Å². The van der Waals surface area contributed by atoms with Crippen LogP contribution in [0.25, 0.3) is 6.08 Å². The van der Waals surface area contributed by atoms with E-state index >= 15 is 0 Å². The van der Waals surface area contributed by atoms with E-state index in [1.54, 1.807) is 26.0 Å². The third-order valence-electron chi connectivity index (χ3n) is 4.24. The molecule has 0 unspecified atom stereocenters. The lowest BCUT2D eigenvalue weighted by Gasteiger charge is -2.18. The van der Waals surface area contributed by atoms with Gasteiger partial charge in [0, 0.05) is 13.1 Å². The molecule has 2 aliphatic heterocycles. The molecule has 0 radical (unpaired) electrons. The molecule has 2 fully saturated rings. The Bertz CT molecular complexity index is 803. The first-order chi connectivity index (χ1) is 12.8. The molecule has 1 aromatic carbocycles. The number of nitrogens with zero attached hydrogens (tertiary/aromatic N) is 2. The predicted molar refractivity (Wildman–Crippen MR) is 102 cm³/mol. The first-order valence-electron chi connectivity index (χ1n) is 8.84. The van der Waals surface area contributed by atoms with Crippen molar-refractivity contribution in [3.8, 4) is 0 Å². The van der Waals surface area contributed by atoms with Crippen molar-refractivity contribution in [3.05, 3.63) is 34.5 Å². The van der Waals surface area contributed by atoms with Crippen molar-refractivity contribution in [2.24, 2.45) is 0 Å². The highest BCUT2D eigenvalue weighted by Crippen LogP contribution is 2.33. The van der Waals surface area contributed by atoms with Gasteiger partial charge in [0.05, 0.1) is 16.7 Å². The first-order valence-corrected chi connectivity index (χ1v) is 9.66. The van der Waals surface area contributed by atoms with E-state index in [1.165, 1.54) is 12.1 Å². The Morgan fingerprint density at radius 1 is 1.30 bits per heavy atom. The monoisotopic (exact) mass is 392 g/mol. The number of halogens is 1. The number of carbonyl (C=O) groups is 3. The summed E-state index contributed by atoms with van der Waals surface area (Å²) in [7, 11) is 0. The summed E-state index contributed by atoms with van der Waals surface area (Å²) in [6.07, 6.45) is 3.24. The fourth-order valence-corrected chi connectivity index (χ4v) is 3.88. The van der Waals surface area contributed by atoms with E-state index in [0.717, 1.165) is 42.6 Å². The van der Waals surface area contributed by atoms with Crippen LogP contribution in [-0.2, 0) is 14.3 Å². The second-order valence-corrected chi connectivity index (χ2v) is 7.70. The number of amides is 2. The van der Waals surface area contributed by atoms with Crippen LogP contribution < -0.4 is 4.90 Å². The minimum atomic E-state index is -0.644. The van der Waals surface area contributed by atoms with Gasteiger partial charge in [-0.2, -0.15) is 0 Å². The Hall–Kier alpha value is -2.35. The zero-order valence-electron chi connectivity index (χ0n) is 15.2. The molecule has 2 amide bonds. The summed E-state index contributed by atoms with van der Waals surface area (Å²) in [5.41, 5.74) is 1.04. The van der Waals surface area contributed by atoms with Gasteiger partial charge in [0.2, 0.25) is 0 Å². The maximum atomic E-state index is 14.4. The second-order valence-electron chi connectivity index (χ2n) is 6.71. The number of ether oxygens (including phenoxy) is 1. The highest BCUT2D eigenvalue weighted by atomic mass is 32.2. The number of anilines is 1. The van der Waals surface area contributed by atoms with Gasteiger partial charge in [-0.3, -0.25) is 19.3 Å². The minimum absolute atomic E-state index is 0.158. The third kappa shape index (κ3) is 4.50. The van der Waals surface area contributed by atoms with Gasteiger partial charge in [0.1, 0.15) is 12.4 Å². The van der Waals surface area contributed by atoms with E-state index in [4.69, 9.17) is 4.74 Å². The van der Waals surface area contributed by atoms with Crippen LogP contribution in [-0.4, -0.2) is 47.8 Å². The Morgan fingerprint density at radius 3 is 2.63 bits per heavy atom. The van der Waals surface area contributed by atoms with Crippen LogP contribution >= 0.6 is 11.8 Å². The van der Waals surface area contributed by atoms with E-state index in [9.17, 15) is 18.8 Å². The summed E-state index contributed by atoms with van der Waals surface area (Å²) >= 11 is 0.731. The van der Waals surface area contributed by atoms with E-state index < -0.39 is 23.7 Å². The van der Waals surface area contributed by atoms with Crippen LogP contribution in [0.1, 0.15) is 32.3 Å². The highest BCUT2D eigenvalue weighted by Gasteiger charge is 2.36. The molecule has 0 aliphatic carbocycles. The van der Waals surface area contributed by atoms with Gasteiger partial charge in [0.25, 0.3) is 11.1 Å². The van der Waals surface area contributed by atoms with E-state index in [1.807, 2.05) is 4.90 Å². The number of hydrogen-bond donors (Lipinski definition) is 0. The molecule has 6 nitrogen and oxygen atoms in total. The number of benzene rings is 1. The molecular weight excluding hydrogens is 371 g/mol. The van der Waals surface area contributed by atoms with Crippen LogP contribution in [0.4, 0.5) is 14.9 Å². The van der Waals surface area contributed by atoms with Crippen molar-refractivity contribution in [1.29, 1.82) is 0 Å². The van der Waals surface area contributed by atoms with Crippen LogP contribution in [0.5, 0.6) is 0 Å². The number of thioether (sulfide) groups is 1. The number of imide groups is 1. The van der Waals surface area contributed by atoms with Gasteiger partial charge in [-0.25, -0.2) is 4.39 Å². The van der Waals surface area contributed by atoms with E-state index in [-0.39, 0.29) is 16.8 Å². The second kappa shape index (κ2) is 8.12. The quantitative estimate of drug-likeness (QED) is 0.565. The van der Waals surface area contributed by atoms with Crippen LogP contribution in [0.15, 0.2) is 23.1 Å². The summed E-state index contributed by atoms with van der Waals surface area (Å²) in [6.45, 7) is 4.61. The molecule has 0 N–H and O–H groups in total. The third-order valence-corrected chi connectivity index (χ3v) is 5.15. The lowest BCUT2D eigenvalue weighted by atomic mass is 10.1. The van der Waals surface area contributed by atoms with Crippen molar-refractivity contribution in [2.45, 2.75) is 32.8 Å². The van der Waals surface area contributed by atoms with Gasteiger partial charge in [-0.1, -0.05) is 6.07 Å². The predicted octanol–water partition coefficient (Wildman–Crippen LogP) is 3.41. The van der Waals surface area contributed by atoms with Gasteiger partial charge in [-0.15, -0.1) is 0 Å². The average molecular weight is 392 g/mol. The number of esters is 1. The van der Waals surface area contributed by atoms with Crippen molar-refractivity contribution < 1.29 is 23.5 Å². The Kier molecular flexibility index (Phi) is 5.84.